The van der Waals surface area contributed by atoms with Gasteiger partial charge in [0.25, 0.3) is 0 Å². The van der Waals surface area contributed by atoms with Gasteiger partial charge in [0.15, 0.2) is 11.4 Å². The number of benzene rings is 1. The van der Waals surface area contributed by atoms with Crippen LogP contribution in [0.25, 0.3) is 11.0 Å². The zero-order chi connectivity index (χ0) is 16.2. The molecular formula is C18H20F2N2O. The monoisotopic (exact) mass is 318 g/mol. The van der Waals surface area contributed by atoms with E-state index in [2.05, 4.69) is 30.1 Å². The van der Waals surface area contributed by atoms with E-state index in [-0.39, 0.29) is 17.2 Å². The van der Waals surface area contributed by atoms with Crippen LogP contribution >= 0.6 is 0 Å². The van der Waals surface area contributed by atoms with E-state index in [1.807, 2.05) is 0 Å². The van der Waals surface area contributed by atoms with Crippen LogP contribution in [0.1, 0.15) is 33.1 Å². The molecule has 1 aromatic heterocycles. The van der Waals surface area contributed by atoms with E-state index in [0.717, 1.165) is 25.0 Å². The van der Waals surface area contributed by atoms with Crippen LogP contribution in [0, 0.1) is 11.6 Å². The number of nitrogens with one attached hydrogen (secondary N) is 1. The summed E-state index contributed by atoms with van der Waals surface area (Å²) < 4.78 is 33.2. The Bertz CT molecular complexity index is 794. The highest BCUT2D eigenvalue weighted by molar-refractivity contribution is 5.92. The largest absolute Gasteiger partial charge is 0.461 e. The molecule has 0 amide bonds. The summed E-state index contributed by atoms with van der Waals surface area (Å²) in [7, 11) is 0. The molecule has 0 unspecified atom stereocenters. The molecule has 1 fully saturated rings. The van der Waals surface area contributed by atoms with E-state index in [1.54, 1.807) is 6.07 Å². The molecule has 1 aromatic carbocycles. The molecule has 23 heavy (non-hydrogen) atoms. The highest BCUT2D eigenvalue weighted by Crippen LogP contribution is 2.38. The van der Waals surface area contributed by atoms with Crippen LogP contribution < -0.4 is 10.2 Å². The maximum Gasteiger partial charge on any atom is 0.202 e. The van der Waals surface area contributed by atoms with E-state index in [1.165, 1.54) is 12.3 Å². The standard InChI is InChI=1S/C18H20F2N2O/c1-18(2)10-22(14-6-4-3-5-13(14)21-18)15-9-12(19)16(20)17-11(15)7-8-23-17/h6-9,13,21H,3-5,10H2,1-2H3/t13-/m0/s1. The fourth-order valence-corrected chi connectivity index (χ4v) is 3.81. The lowest BCUT2D eigenvalue weighted by molar-refractivity contribution is 0.300. The average molecular weight is 318 g/mol. The smallest absolute Gasteiger partial charge is 0.202 e. The van der Waals surface area contributed by atoms with Gasteiger partial charge in [-0.2, -0.15) is 4.39 Å². The molecule has 4 rings (SSSR count). The molecule has 0 saturated carbocycles. The van der Waals surface area contributed by atoms with Crippen LogP contribution in [-0.4, -0.2) is 18.1 Å². The normalized spacial score (nSPS) is 23.7. The predicted molar refractivity (Wildman–Crippen MR) is 86.4 cm³/mol. The van der Waals surface area contributed by atoms with Crippen LogP contribution in [0.4, 0.5) is 14.5 Å². The van der Waals surface area contributed by atoms with Crippen molar-refractivity contribution in [3.63, 3.8) is 0 Å². The van der Waals surface area contributed by atoms with Crippen molar-refractivity contribution >= 4 is 16.7 Å². The Morgan fingerprint density at radius 2 is 2.17 bits per heavy atom. The van der Waals surface area contributed by atoms with Gasteiger partial charge in [0.2, 0.25) is 5.82 Å². The van der Waals surface area contributed by atoms with Crippen LogP contribution in [-0.2, 0) is 0 Å². The van der Waals surface area contributed by atoms with Gasteiger partial charge in [-0.05, 0) is 39.2 Å². The minimum absolute atomic E-state index is 0.00991. The summed E-state index contributed by atoms with van der Waals surface area (Å²) in [4.78, 5) is 2.13. The summed E-state index contributed by atoms with van der Waals surface area (Å²) in [5.74, 6) is -1.79. The lowest BCUT2D eigenvalue weighted by Gasteiger charge is -2.48. The van der Waals surface area contributed by atoms with Crippen molar-refractivity contribution in [3.05, 3.63) is 41.8 Å². The summed E-state index contributed by atoms with van der Waals surface area (Å²) in [6.45, 7) is 4.97. The molecule has 3 nitrogen and oxygen atoms in total. The lowest BCUT2D eigenvalue weighted by atomic mass is 9.89. The maximum atomic E-state index is 14.1. The third kappa shape index (κ3) is 2.34. The molecular weight excluding hydrogens is 298 g/mol. The number of furan rings is 1. The van der Waals surface area contributed by atoms with Crippen molar-refractivity contribution in [2.75, 3.05) is 11.4 Å². The number of nitrogens with zero attached hydrogens (tertiary/aromatic N) is 1. The van der Waals surface area contributed by atoms with E-state index in [9.17, 15) is 8.78 Å². The van der Waals surface area contributed by atoms with Gasteiger partial charge < -0.3 is 14.6 Å². The molecule has 1 aliphatic carbocycles. The van der Waals surface area contributed by atoms with E-state index >= 15 is 0 Å². The second-order valence-electron chi connectivity index (χ2n) is 7.08. The van der Waals surface area contributed by atoms with Crippen molar-refractivity contribution < 1.29 is 13.2 Å². The SMILES string of the molecule is CC1(C)CN(c2cc(F)c(F)c3occc23)C2=CCCC[C@@H]2N1. The third-order valence-electron chi connectivity index (χ3n) is 4.74. The third-order valence-corrected chi connectivity index (χ3v) is 4.74. The summed E-state index contributed by atoms with van der Waals surface area (Å²) in [6, 6.07) is 3.25. The Kier molecular flexibility index (Phi) is 3.23. The van der Waals surface area contributed by atoms with Crippen LogP contribution in [0.5, 0.6) is 0 Å². The fourth-order valence-electron chi connectivity index (χ4n) is 3.81. The first-order chi connectivity index (χ1) is 11.0. The van der Waals surface area contributed by atoms with Gasteiger partial charge in [0.1, 0.15) is 0 Å². The number of piperazine rings is 1. The Hall–Kier alpha value is -1.88. The maximum absolute atomic E-state index is 14.1. The van der Waals surface area contributed by atoms with Crippen molar-refractivity contribution in [2.24, 2.45) is 0 Å². The summed E-state index contributed by atoms with van der Waals surface area (Å²) >= 11 is 0. The molecule has 0 bridgehead atoms. The lowest BCUT2D eigenvalue weighted by Crippen LogP contribution is -2.61. The molecule has 5 heteroatoms. The number of rotatable bonds is 1. The first kappa shape index (κ1) is 14.7. The molecule has 1 atom stereocenters. The summed E-state index contributed by atoms with van der Waals surface area (Å²) in [5.41, 5.74) is 1.72. The Labute approximate surface area is 133 Å². The second-order valence-corrected chi connectivity index (χ2v) is 7.08. The Morgan fingerprint density at radius 1 is 1.35 bits per heavy atom. The number of anilines is 1. The first-order valence-corrected chi connectivity index (χ1v) is 8.07. The van der Waals surface area contributed by atoms with Gasteiger partial charge in [-0.15, -0.1) is 0 Å². The predicted octanol–water partition coefficient (Wildman–Crippen LogP) is 4.34. The molecule has 2 aromatic rings. The first-order valence-electron chi connectivity index (χ1n) is 8.07. The van der Waals surface area contributed by atoms with Crippen molar-refractivity contribution in [3.8, 4) is 0 Å². The van der Waals surface area contributed by atoms with Crippen molar-refractivity contribution in [1.29, 1.82) is 0 Å². The van der Waals surface area contributed by atoms with E-state index in [0.29, 0.717) is 17.6 Å². The van der Waals surface area contributed by atoms with Gasteiger partial charge in [-0.3, -0.25) is 0 Å². The molecule has 0 spiro atoms. The van der Waals surface area contributed by atoms with Crippen molar-refractivity contribution in [1.82, 2.24) is 5.32 Å². The number of hydrogen-bond acceptors (Lipinski definition) is 3. The fraction of sp³-hybridized carbons (Fsp3) is 0.444. The number of fused-ring (bicyclic) bond motifs is 2. The van der Waals surface area contributed by atoms with Gasteiger partial charge in [-0.25, -0.2) is 4.39 Å². The minimum Gasteiger partial charge on any atom is -0.461 e. The highest BCUT2D eigenvalue weighted by Gasteiger charge is 2.37. The summed E-state index contributed by atoms with van der Waals surface area (Å²) in [6.07, 6.45) is 6.84. The van der Waals surface area contributed by atoms with E-state index in [4.69, 9.17) is 4.42 Å². The van der Waals surface area contributed by atoms with Crippen LogP contribution in [0.15, 0.2) is 34.6 Å². The molecule has 2 heterocycles. The molecule has 0 radical (unpaired) electrons. The minimum atomic E-state index is -0.919. The molecule has 2 aliphatic rings. The Morgan fingerprint density at radius 3 is 3.00 bits per heavy atom. The van der Waals surface area contributed by atoms with E-state index < -0.39 is 11.6 Å². The highest BCUT2D eigenvalue weighted by atomic mass is 19.2. The van der Waals surface area contributed by atoms with Gasteiger partial charge in [0, 0.05) is 35.3 Å². The van der Waals surface area contributed by atoms with Crippen LogP contribution in [0.3, 0.4) is 0 Å². The van der Waals surface area contributed by atoms with Gasteiger partial charge >= 0.3 is 0 Å². The number of halogens is 2. The molecule has 1 saturated heterocycles. The zero-order valence-electron chi connectivity index (χ0n) is 13.3. The second kappa shape index (κ2) is 5.06. The molecule has 122 valence electrons. The number of hydrogen-bond donors (Lipinski definition) is 1. The van der Waals surface area contributed by atoms with Crippen LogP contribution in [0.2, 0.25) is 0 Å². The van der Waals surface area contributed by atoms with Gasteiger partial charge in [-0.1, -0.05) is 6.08 Å². The quantitative estimate of drug-likeness (QED) is 0.848. The number of allylic oxidation sites excluding steroid dienone is 1. The molecule has 1 aliphatic heterocycles. The summed E-state index contributed by atoms with van der Waals surface area (Å²) in [5, 5.41) is 4.28. The van der Waals surface area contributed by atoms with Gasteiger partial charge in [0.05, 0.1) is 12.0 Å². The van der Waals surface area contributed by atoms with Crippen molar-refractivity contribution in [2.45, 2.75) is 44.7 Å². The average Bonchev–Trinajstić information content (AvgIpc) is 2.99. The zero-order valence-corrected chi connectivity index (χ0v) is 13.3. The topological polar surface area (TPSA) is 28.4 Å². The molecule has 1 N–H and O–H groups in total. The Balaban J connectivity index is 1.90.